The largest absolute Gasteiger partial charge is 5.00 e. The SMILES string of the molecule is C=C[CH2-].C=C[CH2-].C=C[CH2-].[C-]1=CC=CC1.[C-]1=CC=CC1.[Ta+5]. The third kappa shape index (κ3) is 54.8. The zero-order valence-electron chi connectivity index (χ0n) is 12.3. The van der Waals surface area contributed by atoms with Crippen LogP contribution in [0.3, 0.4) is 0 Å². The maximum absolute atomic E-state index is 3.25. The first-order chi connectivity index (χ1) is 9.24. The Balaban J connectivity index is -0.0000000816. The van der Waals surface area contributed by atoms with Gasteiger partial charge in [0.05, 0.1) is 0 Å². The van der Waals surface area contributed by atoms with Crippen LogP contribution in [0.25, 0.3) is 0 Å². The Kier molecular flexibility index (Phi) is 48.6. The third-order valence-electron chi connectivity index (χ3n) is 1.17. The van der Waals surface area contributed by atoms with Gasteiger partial charge in [-0.1, -0.05) is 0 Å². The molecule has 0 fully saturated rings. The fraction of sp³-hybridized carbons (Fsp3) is 0.105. The summed E-state index contributed by atoms with van der Waals surface area (Å²) in [6, 6.07) is 0. The van der Waals surface area contributed by atoms with Crippen LogP contribution in [0.4, 0.5) is 0 Å². The fourth-order valence-corrected chi connectivity index (χ4v) is 0.680. The molecule has 0 saturated carbocycles. The van der Waals surface area contributed by atoms with Gasteiger partial charge in [0.15, 0.2) is 0 Å². The molecule has 1 heteroatoms. The molecule has 2 aliphatic rings. The van der Waals surface area contributed by atoms with Crippen LogP contribution in [0.1, 0.15) is 12.8 Å². The van der Waals surface area contributed by atoms with E-state index < -0.39 is 0 Å². The van der Waals surface area contributed by atoms with Crippen LogP contribution in [-0.4, -0.2) is 0 Å². The van der Waals surface area contributed by atoms with Crippen molar-refractivity contribution in [3.63, 3.8) is 0 Å². The Morgan fingerprint density at radius 1 is 0.750 bits per heavy atom. The average molecular weight is 434 g/mol. The van der Waals surface area contributed by atoms with E-state index in [0.29, 0.717) is 0 Å². The zero-order chi connectivity index (χ0) is 15.2. The second kappa shape index (κ2) is 36.0. The van der Waals surface area contributed by atoms with E-state index in [2.05, 4.69) is 64.8 Å². The van der Waals surface area contributed by atoms with Crippen molar-refractivity contribution in [3.8, 4) is 0 Å². The van der Waals surface area contributed by atoms with Gasteiger partial charge >= 0.3 is 22.4 Å². The summed E-state index contributed by atoms with van der Waals surface area (Å²) < 4.78 is 0. The first-order valence-corrected chi connectivity index (χ1v) is 5.88. The predicted molar refractivity (Wildman–Crippen MR) is 89.8 cm³/mol. The van der Waals surface area contributed by atoms with E-state index in [9.17, 15) is 0 Å². The molecule has 0 atom stereocenters. The molecule has 0 bridgehead atoms. The molecule has 0 heterocycles. The summed E-state index contributed by atoms with van der Waals surface area (Å²) in [6.45, 7) is 19.5. The van der Waals surface area contributed by atoms with Gasteiger partial charge in [0, 0.05) is 0 Å². The van der Waals surface area contributed by atoms with Crippen LogP contribution in [0.2, 0.25) is 0 Å². The van der Waals surface area contributed by atoms with Crippen molar-refractivity contribution < 1.29 is 22.4 Å². The molecule has 0 aliphatic heterocycles. The molecule has 0 saturated heterocycles. The first-order valence-electron chi connectivity index (χ1n) is 5.88. The summed E-state index contributed by atoms with van der Waals surface area (Å²) >= 11 is 0. The Labute approximate surface area is 142 Å². The zero-order valence-corrected chi connectivity index (χ0v) is 15.5. The smallest absolute Gasteiger partial charge is 0.273 e. The van der Waals surface area contributed by atoms with E-state index >= 15 is 0 Å². The number of rotatable bonds is 0. The summed E-state index contributed by atoms with van der Waals surface area (Å²) in [5, 5.41) is 0. The number of hydrogen-bond donors (Lipinski definition) is 0. The summed E-state index contributed by atoms with van der Waals surface area (Å²) in [7, 11) is 0. The van der Waals surface area contributed by atoms with Gasteiger partial charge in [0.1, 0.15) is 0 Å². The van der Waals surface area contributed by atoms with E-state index in [1.54, 1.807) is 0 Å². The molecule has 2 rings (SSSR count). The van der Waals surface area contributed by atoms with Gasteiger partial charge < -0.3 is 0 Å². The minimum atomic E-state index is 0. The molecule has 0 aromatic heterocycles. The predicted octanol–water partition coefficient (Wildman–Crippen LogP) is 5.63. The summed E-state index contributed by atoms with van der Waals surface area (Å²) in [5.41, 5.74) is 0. The monoisotopic (exact) mass is 434 g/mol. The molecule has 0 aromatic rings. The molecule has 0 aromatic carbocycles. The van der Waals surface area contributed by atoms with Crippen LogP contribution in [0, 0.1) is 32.9 Å². The summed E-state index contributed by atoms with van der Waals surface area (Å²) in [5.74, 6) is 0. The molecular formula is C19H25Ta. The molecule has 0 N–H and O–H groups in total. The van der Waals surface area contributed by atoms with Crippen LogP contribution in [-0.2, 0) is 22.4 Å². The van der Waals surface area contributed by atoms with Crippen molar-refractivity contribution >= 4 is 0 Å². The molecule has 20 heavy (non-hydrogen) atoms. The van der Waals surface area contributed by atoms with Crippen molar-refractivity contribution in [1.82, 2.24) is 0 Å². The van der Waals surface area contributed by atoms with E-state index in [1.165, 1.54) is 18.2 Å². The van der Waals surface area contributed by atoms with Gasteiger partial charge in [0.25, 0.3) is 0 Å². The van der Waals surface area contributed by atoms with E-state index in [-0.39, 0.29) is 22.4 Å². The quantitative estimate of drug-likeness (QED) is 0.434. The molecule has 0 spiro atoms. The minimum absolute atomic E-state index is 0. The molecule has 106 valence electrons. The Hall–Kier alpha value is -1.47. The normalized spacial score (nSPS) is 10.6. The van der Waals surface area contributed by atoms with E-state index in [1.807, 2.05) is 24.3 Å². The van der Waals surface area contributed by atoms with E-state index in [0.717, 1.165) is 12.8 Å². The topological polar surface area (TPSA) is 0 Å². The Bertz CT molecular complexity index is 235. The van der Waals surface area contributed by atoms with Gasteiger partial charge in [-0.15, -0.1) is 12.8 Å². The molecule has 0 nitrogen and oxygen atoms in total. The molecular weight excluding hydrogens is 409 g/mol. The Morgan fingerprint density at radius 3 is 1.05 bits per heavy atom. The van der Waals surface area contributed by atoms with Gasteiger partial charge in [-0.25, -0.2) is 83.0 Å². The van der Waals surface area contributed by atoms with Crippen molar-refractivity contribution in [1.29, 1.82) is 0 Å². The van der Waals surface area contributed by atoms with Crippen molar-refractivity contribution in [3.05, 3.63) is 107 Å². The van der Waals surface area contributed by atoms with Crippen molar-refractivity contribution in [2.24, 2.45) is 0 Å². The molecule has 0 amide bonds. The van der Waals surface area contributed by atoms with Crippen LogP contribution < -0.4 is 0 Å². The average Bonchev–Trinajstić information content (AvgIpc) is 3.11. The van der Waals surface area contributed by atoms with Crippen LogP contribution >= 0.6 is 0 Å². The maximum atomic E-state index is 3.25. The van der Waals surface area contributed by atoms with Gasteiger partial charge in [-0.2, -0.15) is 12.2 Å². The van der Waals surface area contributed by atoms with Crippen molar-refractivity contribution in [2.45, 2.75) is 12.8 Å². The first kappa shape index (κ1) is 27.0. The molecule has 2 aliphatic carbocycles. The molecule has 0 radical (unpaired) electrons. The molecule has 0 unspecified atom stereocenters. The van der Waals surface area contributed by atoms with Gasteiger partial charge in [-0.05, 0) is 0 Å². The third-order valence-corrected chi connectivity index (χ3v) is 1.17. The summed E-state index contributed by atoms with van der Waals surface area (Å²) in [6.07, 6.45) is 24.5. The van der Waals surface area contributed by atoms with Crippen molar-refractivity contribution in [2.75, 3.05) is 0 Å². The minimum Gasteiger partial charge on any atom is -0.273 e. The maximum Gasteiger partial charge on any atom is 5.00 e. The van der Waals surface area contributed by atoms with E-state index in [4.69, 9.17) is 0 Å². The standard InChI is InChI=1S/2C5H5.3C3H5.Ta/c2*1-2-4-5-3-1;3*1-3-2;/h2*1-3H,4H2;3*3H,1-2H2;/q5*-1;+5. The van der Waals surface area contributed by atoms with Gasteiger partial charge in [-0.3, -0.25) is 12.2 Å². The second-order valence-corrected chi connectivity index (χ2v) is 2.87. The Morgan fingerprint density at radius 2 is 1.00 bits per heavy atom. The van der Waals surface area contributed by atoms with Crippen LogP contribution in [0.15, 0.2) is 74.4 Å². The summed E-state index contributed by atoms with van der Waals surface area (Å²) in [4.78, 5) is 0. The number of hydrogen-bond acceptors (Lipinski definition) is 0. The van der Waals surface area contributed by atoms with Crippen LogP contribution in [0.5, 0.6) is 0 Å². The second-order valence-electron chi connectivity index (χ2n) is 2.87. The van der Waals surface area contributed by atoms with Gasteiger partial charge in [0.2, 0.25) is 0 Å². The fourth-order valence-electron chi connectivity index (χ4n) is 0.680. The number of allylic oxidation sites excluding steroid dienone is 11.